The second kappa shape index (κ2) is 3.51. The van der Waals surface area contributed by atoms with Gasteiger partial charge in [-0.3, -0.25) is 10.1 Å². The summed E-state index contributed by atoms with van der Waals surface area (Å²) >= 11 is 0. The van der Waals surface area contributed by atoms with Gasteiger partial charge in [0.25, 0.3) is 5.91 Å². The smallest absolute Gasteiger partial charge is 0.322 e. The normalized spacial score (nSPS) is 41.2. The maximum atomic E-state index is 11.7. The number of imide groups is 1. The molecule has 0 aromatic carbocycles. The Morgan fingerprint density at radius 2 is 2.07 bits per heavy atom. The second-order valence-electron chi connectivity index (χ2n) is 5.08. The Labute approximate surface area is 89.8 Å². The fourth-order valence-corrected chi connectivity index (χ4v) is 2.80. The first kappa shape index (κ1) is 10.5. The highest BCUT2D eigenvalue weighted by Gasteiger charge is 2.48. The zero-order chi connectivity index (χ0) is 11.1. The summed E-state index contributed by atoms with van der Waals surface area (Å²) in [5, 5.41) is 5.10. The molecule has 0 aromatic rings. The molecule has 0 aromatic heterocycles. The van der Waals surface area contributed by atoms with Gasteiger partial charge in [-0.2, -0.15) is 0 Å². The van der Waals surface area contributed by atoms with E-state index in [4.69, 9.17) is 0 Å². The fraction of sp³-hybridized carbons (Fsp3) is 0.818. The van der Waals surface area contributed by atoms with Crippen molar-refractivity contribution in [2.24, 2.45) is 11.8 Å². The van der Waals surface area contributed by atoms with Crippen LogP contribution in [0, 0.1) is 11.8 Å². The predicted octanol–water partition coefficient (Wildman–Crippen LogP) is 1.41. The van der Waals surface area contributed by atoms with Crippen LogP contribution < -0.4 is 10.6 Å². The van der Waals surface area contributed by atoms with E-state index in [-0.39, 0.29) is 17.9 Å². The molecule has 1 saturated heterocycles. The van der Waals surface area contributed by atoms with Gasteiger partial charge in [0, 0.05) is 0 Å². The standard InChI is InChI=1S/C11H18N2O2/c1-7-4-3-5-8(6-7)11(2)9(14)12-10(15)13-11/h7-8H,3-6H2,1-2H3,(H2,12,13,14,15). The Morgan fingerprint density at radius 1 is 1.33 bits per heavy atom. The van der Waals surface area contributed by atoms with Crippen LogP contribution in [0.1, 0.15) is 39.5 Å². The average molecular weight is 210 g/mol. The predicted molar refractivity (Wildman–Crippen MR) is 56.2 cm³/mol. The highest BCUT2D eigenvalue weighted by molar-refractivity contribution is 6.06. The van der Waals surface area contributed by atoms with Crippen molar-refractivity contribution in [3.63, 3.8) is 0 Å². The molecule has 3 atom stereocenters. The van der Waals surface area contributed by atoms with Crippen LogP contribution in [0.2, 0.25) is 0 Å². The third kappa shape index (κ3) is 1.73. The minimum Gasteiger partial charge on any atom is -0.323 e. The Hall–Kier alpha value is -1.06. The lowest BCUT2D eigenvalue weighted by Crippen LogP contribution is -2.51. The molecular weight excluding hydrogens is 192 g/mol. The summed E-state index contributed by atoms with van der Waals surface area (Å²) in [7, 11) is 0. The van der Waals surface area contributed by atoms with E-state index in [0.29, 0.717) is 5.92 Å². The van der Waals surface area contributed by atoms with E-state index in [1.807, 2.05) is 6.92 Å². The van der Waals surface area contributed by atoms with Gasteiger partial charge in [-0.25, -0.2) is 4.79 Å². The highest BCUT2D eigenvalue weighted by atomic mass is 16.2. The Kier molecular flexibility index (Phi) is 2.44. The van der Waals surface area contributed by atoms with Crippen LogP contribution in [0.4, 0.5) is 4.79 Å². The SMILES string of the molecule is CC1CCCC(C2(C)NC(=O)NC2=O)C1. The summed E-state index contributed by atoms with van der Waals surface area (Å²) in [4.78, 5) is 22.9. The van der Waals surface area contributed by atoms with Crippen molar-refractivity contribution in [2.45, 2.75) is 45.1 Å². The van der Waals surface area contributed by atoms with Crippen molar-refractivity contribution < 1.29 is 9.59 Å². The number of urea groups is 1. The van der Waals surface area contributed by atoms with Gasteiger partial charge in [0.05, 0.1) is 0 Å². The molecule has 2 aliphatic rings. The second-order valence-corrected chi connectivity index (χ2v) is 5.08. The molecule has 0 spiro atoms. The lowest BCUT2D eigenvalue weighted by molar-refractivity contribution is -0.125. The van der Waals surface area contributed by atoms with Crippen molar-refractivity contribution in [3.05, 3.63) is 0 Å². The molecule has 0 bridgehead atoms. The van der Waals surface area contributed by atoms with E-state index in [1.54, 1.807) is 0 Å². The van der Waals surface area contributed by atoms with Gasteiger partial charge in [-0.1, -0.05) is 19.8 Å². The maximum Gasteiger partial charge on any atom is 0.322 e. The van der Waals surface area contributed by atoms with Crippen LogP contribution in [0.3, 0.4) is 0 Å². The molecule has 1 aliphatic carbocycles. The van der Waals surface area contributed by atoms with E-state index < -0.39 is 5.54 Å². The third-order valence-electron chi connectivity index (χ3n) is 3.82. The Balaban J connectivity index is 2.14. The molecule has 15 heavy (non-hydrogen) atoms. The van der Waals surface area contributed by atoms with Crippen LogP contribution >= 0.6 is 0 Å². The first-order valence-electron chi connectivity index (χ1n) is 5.66. The highest BCUT2D eigenvalue weighted by Crippen LogP contribution is 2.36. The number of hydrogen-bond donors (Lipinski definition) is 2. The molecule has 4 nitrogen and oxygen atoms in total. The fourth-order valence-electron chi connectivity index (χ4n) is 2.80. The van der Waals surface area contributed by atoms with E-state index >= 15 is 0 Å². The zero-order valence-electron chi connectivity index (χ0n) is 9.30. The summed E-state index contributed by atoms with van der Waals surface area (Å²) < 4.78 is 0. The zero-order valence-corrected chi connectivity index (χ0v) is 9.30. The molecule has 1 heterocycles. The van der Waals surface area contributed by atoms with Gasteiger partial charge in [0.1, 0.15) is 5.54 Å². The molecule has 2 rings (SSSR count). The summed E-state index contributed by atoms with van der Waals surface area (Å²) in [5.74, 6) is 0.783. The van der Waals surface area contributed by atoms with Crippen molar-refractivity contribution >= 4 is 11.9 Å². The number of hydrogen-bond acceptors (Lipinski definition) is 2. The number of carbonyl (C=O) groups is 2. The Bertz CT molecular complexity index is 303. The van der Waals surface area contributed by atoms with Crippen molar-refractivity contribution in [1.82, 2.24) is 10.6 Å². The molecule has 1 aliphatic heterocycles. The quantitative estimate of drug-likeness (QED) is 0.643. The largest absolute Gasteiger partial charge is 0.323 e. The van der Waals surface area contributed by atoms with Gasteiger partial charge in [0.2, 0.25) is 0 Å². The minimum atomic E-state index is -0.675. The molecule has 2 N–H and O–H groups in total. The third-order valence-corrected chi connectivity index (χ3v) is 3.82. The van der Waals surface area contributed by atoms with Crippen LogP contribution in [0.25, 0.3) is 0 Å². The molecule has 3 unspecified atom stereocenters. The summed E-state index contributed by atoms with van der Waals surface area (Å²) in [6, 6.07) is -0.347. The molecule has 4 heteroatoms. The van der Waals surface area contributed by atoms with E-state index in [2.05, 4.69) is 17.6 Å². The lowest BCUT2D eigenvalue weighted by atomic mass is 9.72. The van der Waals surface area contributed by atoms with Crippen LogP contribution in [0.15, 0.2) is 0 Å². The monoisotopic (exact) mass is 210 g/mol. The Morgan fingerprint density at radius 3 is 2.60 bits per heavy atom. The summed E-state index contributed by atoms with van der Waals surface area (Å²) in [6.07, 6.45) is 4.46. The molecule has 1 saturated carbocycles. The molecule has 84 valence electrons. The first-order valence-corrected chi connectivity index (χ1v) is 5.66. The molecule has 2 fully saturated rings. The topological polar surface area (TPSA) is 58.2 Å². The minimum absolute atomic E-state index is 0.161. The van der Waals surface area contributed by atoms with Crippen LogP contribution in [0.5, 0.6) is 0 Å². The van der Waals surface area contributed by atoms with Crippen LogP contribution in [-0.2, 0) is 4.79 Å². The van der Waals surface area contributed by atoms with Crippen molar-refractivity contribution in [1.29, 1.82) is 0 Å². The van der Waals surface area contributed by atoms with Gasteiger partial charge in [-0.05, 0) is 31.6 Å². The molecular formula is C11H18N2O2. The average Bonchev–Trinajstić information content (AvgIpc) is 2.42. The lowest BCUT2D eigenvalue weighted by Gasteiger charge is -2.36. The first-order chi connectivity index (χ1) is 7.02. The van der Waals surface area contributed by atoms with Gasteiger partial charge in [0.15, 0.2) is 0 Å². The van der Waals surface area contributed by atoms with Crippen molar-refractivity contribution in [2.75, 3.05) is 0 Å². The van der Waals surface area contributed by atoms with Crippen LogP contribution in [-0.4, -0.2) is 17.5 Å². The maximum absolute atomic E-state index is 11.7. The van der Waals surface area contributed by atoms with Gasteiger partial charge in [-0.15, -0.1) is 0 Å². The van der Waals surface area contributed by atoms with E-state index in [9.17, 15) is 9.59 Å². The number of carbonyl (C=O) groups excluding carboxylic acids is 2. The number of nitrogens with one attached hydrogen (secondary N) is 2. The van der Waals surface area contributed by atoms with Gasteiger partial charge >= 0.3 is 6.03 Å². The number of rotatable bonds is 1. The molecule has 0 radical (unpaired) electrons. The summed E-state index contributed by atoms with van der Waals surface area (Å²) in [6.45, 7) is 4.06. The van der Waals surface area contributed by atoms with Gasteiger partial charge < -0.3 is 5.32 Å². The van der Waals surface area contributed by atoms with E-state index in [0.717, 1.165) is 19.3 Å². The van der Waals surface area contributed by atoms with Crippen molar-refractivity contribution in [3.8, 4) is 0 Å². The number of amides is 3. The molecule has 3 amide bonds. The van der Waals surface area contributed by atoms with E-state index in [1.165, 1.54) is 6.42 Å². The summed E-state index contributed by atoms with van der Waals surface area (Å²) in [5.41, 5.74) is -0.675.